The predicted octanol–water partition coefficient (Wildman–Crippen LogP) is 1.46. The number of rotatable bonds is 8. The zero-order chi connectivity index (χ0) is 10.8. The van der Waals surface area contributed by atoms with Crippen LogP contribution < -0.4 is 5.32 Å². The number of halogens is 1. The summed E-state index contributed by atoms with van der Waals surface area (Å²) in [5.74, 6) is 0.450. The molecule has 4 heteroatoms. The molecule has 0 aromatic carbocycles. The summed E-state index contributed by atoms with van der Waals surface area (Å²) in [6.07, 6.45) is 1.57. The van der Waals surface area contributed by atoms with Gasteiger partial charge in [0.15, 0.2) is 0 Å². The maximum Gasteiger partial charge on any atom is 0.221 e. The smallest absolute Gasteiger partial charge is 0.221 e. The summed E-state index contributed by atoms with van der Waals surface area (Å²) in [6, 6.07) is 0. The molecule has 0 radical (unpaired) electrons. The summed E-state index contributed by atoms with van der Waals surface area (Å²) < 4.78 is 0. The van der Waals surface area contributed by atoms with E-state index in [0.717, 1.165) is 32.6 Å². The Labute approximate surface area is 91.8 Å². The van der Waals surface area contributed by atoms with Gasteiger partial charge in [-0.2, -0.15) is 0 Å². The van der Waals surface area contributed by atoms with Gasteiger partial charge in [0, 0.05) is 25.4 Å². The van der Waals surface area contributed by atoms with Crippen LogP contribution in [-0.4, -0.2) is 42.9 Å². The average Bonchev–Trinajstić information content (AvgIpc) is 2.17. The first-order valence-corrected chi connectivity index (χ1v) is 5.83. The van der Waals surface area contributed by atoms with E-state index in [0.29, 0.717) is 12.3 Å². The Morgan fingerprint density at radius 3 is 2.57 bits per heavy atom. The van der Waals surface area contributed by atoms with Gasteiger partial charge in [0.2, 0.25) is 5.91 Å². The molecule has 0 bridgehead atoms. The summed E-state index contributed by atoms with van der Waals surface area (Å²) in [6.45, 7) is 8.09. The first-order valence-electron chi connectivity index (χ1n) is 5.29. The van der Waals surface area contributed by atoms with Crippen molar-refractivity contribution in [1.82, 2.24) is 10.2 Å². The number of amides is 1. The average molecular weight is 221 g/mol. The largest absolute Gasteiger partial charge is 0.355 e. The number of carbonyl (C=O) groups excluding carboxylic acids is 1. The van der Waals surface area contributed by atoms with Gasteiger partial charge < -0.3 is 10.2 Å². The lowest BCUT2D eigenvalue weighted by Crippen LogP contribution is -2.35. The molecule has 14 heavy (non-hydrogen) atoms. The summed E-state index contributed by atoms with van der Waals surface area (Å²) in [5, 5.41) is 2.84. The van der Waals surface area contributed by atoms with Crippen LogP contribution in [0.3, 0.4) is 0 Å². The number of carbonyl (C=O) groups is 1. The molecule has 0 aliphatic rings. The fourth-order valence-corrected chi connectivity index (χ4v) is 1.44. The van der Waals surface area contributed by atoms with Gasteiger partial charge in [-0.1, -0.05) is 13.8 Å². The molecule has 1 N–H and O–H groups in total. The zero-order valence-corrected chi connectivity index (χ0v) is 9.94. The molecule has 0 rings (SSSR count). The van der Waals surface area contributed by atoms with Gasteiger partial charge in [0.05, 0.1) is 0 Å². The third-order valence-corrected chi connectivity index (χ3v) is 2.25. The Balaban J connectivity index is 3.45. The standard InChI is InChI=1S/C10H21ClN2O/c1-3-8-13(4-2)9-7-12-10(14)5-6-11/h3-9H2,1-2H3,(H,12,14). The molecule has 0 unspecified atom stereocenters. The van der Waals surface area contributed by atoms with Crippen LogP contribution in [0.2, 0.25) is 0 Å². The molecule has 0 aromatic rings. The summed E-state index contributed by atoms with van der Waals surface area (Å²) in [4.78, 5) is 13.4. The number of nitrogens with zero attached hydrogens (tertiary/aromatic N) is 1. The Morgan fingerprint density at radius 2 is 2.07 bits per heavy atom. The van der Waals surface area contributed by atoms with Crippen molar-refractivity contribution in [2.24, 2.45) is 0 Å². The van der Waals surface area contributed by atoms with Crippen LogP contribution in [0.5, 0.6) is 0 Å². The molecule has 0 aliphatic carbocycles. The topological polar surface area (TPSA) is 32.3 Å². The molecular weight excluding hydrogens is 200 g/mol. The van der Waals surface area contributed by atoms with E-state index in [4.69, 9.17) is 11.6 Å². The molecule has 84 valence electrons. The SMILES string of the molecule is CCCN(CC)CCNC(=O)CCCl. The number of alkyl halides is 1. The highest BCUT2D eigenvalue weighted by molar-refractivity contribution is 6.18. The second-order valence-electron chi connectivity index (χ2n) is 3.22. The summed E-state index contributed by atoms with van der Waals surface area (Å²) in [7, 11) is 0. The molecule has 0 spiro atoms. The first-order chi connectivity index (χ1) is 6.74. The van der Waals surface area contributed by atoms with E-state index in [2.05, 4.69) is 24.1 Å². The van der Waals surface area contributed by atoms with Crippen molar-refractivity contribution in [1.29, 1.82) is 0 Å². The molecule has 0 fully saturated rings. The van der Waals surface area contributed by atoms with E-state index < -0.39 is 0 Å². The lowest BCUT2D eigenvalue weighted by molar-refractivity contribution is -0.120. The van der Waals surface area contributed by atoms with Crippen LogP contribution >= 0.6 is 11.6 Å². The van der Waals surface area contributed by atoms with Crippen LogP contribution in [0.1, 0.15) is 26.7 Å². The summed E-state index contributed by atoms with van der Waals surface area (Å²) in [5.41, 5.74) is 0. The second-order valence-corrected chi connectivity index (χ2v) is 3.60. The van der Waals surface area contributed by atoms with Gasteiger partial charge in [-0.05, 0) is 19.5 Å². The maximum absolute atomic E-state index is 11.1. The molecule has 0 aliphatic heterocycles. The van der Waals surface area contributed by atoms with Crippen LogP contribution in [0.15, 0.2) is 0 Å². The van der Waals surface area contributed by atoms with Crippen molar-refractivity contribution in [3.63, 3.8) is 0 Å². The molecule has 3 nitrogen and oxygen atoms in total. The molecule has 0 atom stereocenters. The van der Waals surface area contributed by atoms with Gasteiger partial charge in [-0.3, -0.25) is 4.79 Å². The van der Waals surface area contributed by atoms with E-state index in [1.54, 1.807) is 0 Å². The Hall–Kier alpha value is -0.280. The van der Waals surface area contributed by atoms with E-state index in [1.807, 2.05) is 0 Å². The van der Waals surface area contributed by atoms with E-state index >= 15 is 0 Å². The molecule has 0 saturated heterocycles. The molecule has 0 heterocycles. The van der Waals surface area contributed by atoms with Crippen LogP contribution in [-0.2, 0) is 4.79 Å². The van der Waals surface area contributed by atoms with E-state index in [-0.39, 0.29) is 5.91 Å². The highest BCUT2D eigenvalue weighted by atomic mass is 35.5. The molecular formula is C10H21ClN2O. The third kappa shape index (κ3) is 7.15. The highest BCUT2D eigenvalue weighted by Gasteiger charge is 2.02. The van der Waals surface area contributed by atoms with Gasteiger partial charge in [-0.15, -0.1) is 11.6 Å². The maximum atomic E-state index is 11.1. The van der Waals surface area contributed by atoms with Crippen LogP contribution in [0.4, 0.5) is 0 Å². The predicted molar refractivity (Wildman–Crippen MR) is 60.8 cm³/mol. The third-order valence-electron chi connectivity index (χ3n) is 2.06. The zero-order valence-electron chi connectivity index (χ0n) is 9.18. The van der Waals surface area contributed by atoms with Crippen molar-refractivity contribution >= 4 is 17.5 Å². The molecule has 1 amide bonds. The lowest BCUT2D eigenvalue weighted by Gasteiger charge is -2.19. The number of hydrogen-bond donors (Lipinski definition) is 1. The molecule has 0 saturated carbocycles. The van der Waals surface area contributed by atoms with Gasteiger partial charge in [-0.25, -0.2) is 0 Å². The highest BCUT2D eigenvalue weighted by Crippen LogP contribution is 1.89. The normalized spacial score (nSPS) is 10.6. The Kier molecular flexibility index (Phi) is 9.10. The Morgan fingerprint density at radius 1 is 1.36 bits per heavy atom. The lowest BCUT2D eigenvalue weighted by atomic mass is 10.4. The van der Waals surface area contributed by atoms with Crippen LogP contribution in [0, 0.1) is 0 Å². The number of likely N-dealkylation sites (N-methyl/N-ethyl adjacent to an activating group) is 1. The monoisotopic (exact) mass is 220 g/mol. The van der Waals surface area contributed by atoms with Gasteiger partial charge >= 0.3 is 0 Å². The minimum atomic E-state index is 0.0487. The van der Waals surface area contributed by atoms with Gasteiger partial charge in [0.25, 0.3) is 0 Å². The van der Waals surface area contributed by atoms with Crippen molar-refractivity contribution in [3.05, 3.63) is 0 Å². The van der Waals surface area contributed by atoms with Crippen molar-refractivity contribution in [2.75, 3.05) is 32.1 Å². The van der Waals surface area contributed by atoms with Gasteiger partial charge in [0.1, 0.15) is 0 Å². The van der Waals surface area contributed by atoms with Crippen molar-refractivity contribution in [3.8, 4) is 0 Å². The minimum absolute atomic E-state index is 0.0487. The fraction of sp³-hybridized carbons (Fsp3) is 0.900. The number of hydrogen-bond acceptors (Lipinski definition) is 2. The van der Waals surface area contributed by atoms with Crippen LogP contribution in [0.25, 0.3) is 0 Å². The fourth-order valence-electron chi connectivity index (χ4n) is 1.27. The van der Waals surface area contributed by atoms with E-state index in [1.165, 1.54) is 0 Å². The number of nitrogens with one attached hydrogen (secondary N) is 1. The molecule has 0 aromatic heterocycles. The quantitative estimate of drug-likeness (QED) is 0.629. The Bertz CT molecular complexity index is 153. The van der Waals surface area contributed by atoms with Crippen molar-refractivity contribution < 1.29 is 4.79 Å². The van der Waals surface area contributed by atoms with E-state index in [9.17, 15) is 4.79 Å². The minimum Gasteiger partial charge on any atom is -0.355 e. The first kappa shape index (κ1) is 13.7. The van der Waals surface area contributed by atoms with Crippen molar-refractivity contribution in [2.45, 2.75) is 26.7 Å². The second kappa shape index (κ2) is 9.28. The summed E-state index contributed by atoms with van der Waals surface area (Å²) >= 11 is 5.44.